The van der Waals surface area contributed by atoms with Gasteiger partial charge in [0, 0.05) is 127 Å². The minimum atomic E-state index is -0.745. The minimum Gasteiger partial charge on any atom is -0.507 e. The van der Waals surface area contributed by atoms with Crippen molar-refractivity contribution in [1.82, 2.24) is 39.9 Å². The third kappa shape index (κ3) is 16.1. The third-order valence-electron chi connectivity index (χ3n) is 20.7. The van der Waals surface area contributed by atoms with Crippen LogP contribution in [0.5, 0.6) is 23.0 Å². The average Bonchev–Trinajstić information content (AvgIpc) is 1.25. The highest BCUT2D eigenvalue weighted by molar-refractivity contribution is 9.10. The van der Waals surface area contributed by atoms with Gasteiger partial charge in [0.1, 0.15) is 29.3 Å². The molecule has 0 spiro atoms. The molecule has 0 radical (unpaired) electrons. The van der Waals surface area contributed by atoms with Crippen molar-refractivity contribution in [2.45, 2.75) is 118 Å². The molecule has 16 aromatic rings. The van der Waals surface area contributed by atoms with Crippen LogP contribution >= 0.6 is 31.9 Å². The topological polar surface area (TPSA) is 247 Å². The van der Waals surface area contributed by atoms with Gasteiger partial charge in [0.25, 0.3) is 0 Å². The molecule has 8 aromatic carbocycles. The number of aromatic hydroxyl groups is 4. The Kier molecular flexibility index (Phi) is 21.3. The second kappa shape index (κ2) is 31.0. The Labute approximate surface area is 677 Å². The van der Waals surface area contributed by atoms with Crippen LogP contribution < -0.4 is 0 Å². The van der Waals surface area contributed by atoms with Gasteiger partial charge in [-0.05, 0) is 195 Å². The Morgan fingerprint density at radius 2 is 0.772 bits per heavy atom. The molecular formula is C97H88Br2N8O7. The number of carbonyl (C=O) groups is 2. The number of benzene rings is 8. The molecule has 1 aliphatic rings. The number of carboxylic acid groups (broad SMARTS) is 1. The number of phenols is 4. The molecule has 12 bridgehead atoms. The number of carbonyl (C=O) groups excluding carboxylic acids is 1. The van der Waals surface area contributed by atoms with Crippen LogP contribution in [0, 0.1) is 0 Å². The van der Waals surface area contributed by atoms with Crippen LogP contribution in [0.4, 0.5) is 0 Å². The fraction of sp³-hybridized carbons (Fsp3) is 0.186. The predicted octanol–water partition coefficient (Wildman–Crippen LogP) is 25.6. The second-order valence-corrected chi connectivity index (χ2v) is 34.7. The number of aliphatic carboxylic acids is 1. The van der Waals surface area contributed by atoms with Gasteiger partial charge in [0.2, 0.25) is 0 Å². The summed E-state index contributed by atoms with van der Waals surface area (Å²) in [6, 6.07) is 67.8. The summed E-state index contributed by atoms with van der Waals surface area (Å²) in [5, 5.41) is 61.6. The molecule has 572 valence electrons. The number of nitrogens with one attached hydrogen (secondary N) is 3. The molecule has 0 amide bonds. The number of nitrogens with zero attached hydrogens (tertiary/aromatic N) is 5. The highest BCUT2D eigenvalue weighted by atomic mass is 79.9. The molecular weight excluding hydrogens is 1550 g/mol. The lowest BCUT2D eigenvalue weighted by Gasteiger charge is -2.22. The molecule has 0 aliphatic carbocycles. The molecule has 8 N–H and O–H groups in total. The van der Waals surface area contributed by atoms with Crippen molar-refractivity contribution < 1.29 is 35.1 Å². The standard InChI is InChI=1S/C47H39BrN4O2.C40H38N4O2.C7H5BrO.C3H6O2/c1-46(2,3)28-21-31-35-17-19-39(49-35)41(25-9-13-30(48)14-10-25)40-20-18-36(50-40)32-22-29(47(4,5)6)24-34(45(32)54)38-16-12-27-8-7-26-11-15-37(33(23-28)44(31)53)51-42(26)43(27)52-38;1-39(2,3)25-19-27(31-9-7-17-41-31)37(45)29(21-25)33-15-13-23-11-12-24-14-16-34(44-36(24)35(23)43-33)30-22-26(40(4,5)6)20-28(38(30)46)32-10-8-18-42-32;8-7-3-1-6(5-9)2-4-7;1-2-3(4)5/h7-24,49,53-54H,1-6H3;7-22,41-42,45-46H,1-6H3;1-5H;2H2,1H3,(H,4,5). The zero-order chi connectivity index (χ0) is 81.0. The third-order valence-corrected chi connectivity index (χ3v) is 21.7. The Morgan fingerprint density at radius 1 is 0.404 bits per heavy atom. The number of hydrogen-bond acceptors (Lipinski definition) is 11. The van der Waals surface area contributed by atoms with E-state index in [1.807, 2.05) is 170 Å². The number of pyridine rings is 4. The first-order valence-corrected chi connectivity index (χ1v) is 39.4. The monoisotopic (exact) mass is 1630 g/mol. The van der Waals surface area contributed by atoms with E-state index in [4.69, 9.17) is 30.0 Å². The summed E-state index contributed by atoms with van der Waals surface area (Å²) in [5.41, 5.74) is 19.2. The molecule has 8 aromatic heterocycles. The van der Waals surface area contributed by atoms with Crippen LogP contribution in [-0.2, 0) is 26.5 Å². The van der Waals surface area contributed by atoms with Crippen molar-refractivity contribution in [3.8, 4) is 79.2 Å². The van der Waals surface area contributed by atoms with Crippen LogP contribution in [0.15, 0.2) is 228 Å². The average molecular weight is 1640 g/mol. The van der Waals surface area contributed by atoms with Crippen LogP contribution in [-0.4, -0.2) is 77.7 Å². The van der Waals surface area contributed by atoms with E-state index in [0.717, 1.165) is 131 Å². The smallest absolute Gasteiger partial charge is 0.303 e. The predicted molar refractivity (Wildman–Crippen MR) is 474 cm³/mol. The summed E-state index contributed by atoms with van der Waals surface area (Å²) in [6.07, 6.45) is 8.75. The van der Waals surface area contributed by atoms with Gasteiger partial charge < -0.3 is 40.5 Å². The summed E-state index contributed by atoms with van der Waals surface area (Å²) in [5.74, 6) is -0.127. The number of carboxylic acids is 1. The van der Waals surface area contributed by atoms with E-state index in [0.29, 0.717) is 66.4 Å². The lowest BCUT2D eigenvalue weighted by Crippen LogP contribution is -2.11. The van der Waals surface area contributed by atoms with Gasteiger partial charge in [0.15, 0.2) is 0 Å². The fourth-order valence-corrected chi connectivity index (χ4v) is 14.5. The van der Waals surface area contributed by atoms with Gasteiger partial charge in [-0.15, -0.1) is 0 Å². The highest BCUT2D eigenvalue weighted by Gasteiger charge is 2.27. The number of halogens is 2. The second-order valence-electron chi connectivity index (χ2n) is 32.9. The maximum Gasteiger partial charge on any atom is 0.303 e. The van der Waals surface area contributed by atoms with E-state index in [1.165, 1.54) is 0 Å². The van der Waals surface area contributed by atoms with Crippen molar-refractivity contribution in [3.63, 3.8) is 0 Å². The Balaban J connectivity index is 0.000000163. The zero-order valence-corrected chi connectivity index (χ0v) is 68.9. The van der Waals surface area contributed by atoms with E-state index >= 15 is 0 Å². The van der Waals surface area contributed by atoms with Crippen molar-refractivity contribution in [1.29, 1.82) is 0 Å². The zero-order valence-electron chi connectivity index (χ0n) is 65.8. The Bertz CT molecular complexity index is 6460. The number of phenolic OH excluding ortho intramolecular Hbond substituents is 4. The molecule has 17 rings (SSSR count). The van der Waals surface area contributed by atoms with Crippen molar-refractivity contribution in [2.75, 3.05) is 0 Å². The van der Waals surface area contributed by atoms with Crippen molar-refractivity contribution >= 4 is 143 Å². The molecule has 0 saturated heterocycles. The normalized spacial score (nSPS) is 12.1. The highest BCUT2D eigenvalue weighted by Crippen LogP contribution is 2.46. The van der Waals surface area contributed by atoms with Crippen LogP contribution in [0.25, 0.3) is 156 Å². The Hall–Kier alpha value is -12.3. The summed E-state index contributed by atoms with van der Waals surface area (Å²) >= 11 is 6.86. The summed E-state index contributed by atoms with van der Waals surface area (Å²) in [7, 11) is 0. The molecule has 17 heteroatoms. The first-order valence-electron chi connectivity index (χ1n) is 37.8. The van der Waals surface area contributed by atoms with Crippen molar-refractivity contribution in [2.24, 2.45) is 0 Å². The minimum absolute atomic E-state index is 0.120. The van der Waals surface area contributed by atoms with Crippen LogP contribution in [0.2, 0.25) is 0 Å². The molecule has 0 saturated carbocycles. The molecule has 0 atom stereocenters. The summed E-state index contributed by atoms with van der Waals surface area (Å²) in [6.45, 7) is 27.6. The quantitative estimate of drug-likeness (QED) is 0.0548. The van der Waals surface area contributed by atoms with E-state index in [9.17, 15) is 30.0 Å². The number of aromatic amines is 3. The SMILES string of the molecule is CC(C)(C)c1cc(-c2ccc3ccc4ccc(-c5cc(C(C)(C)C)cc(-c6ccc[nH]6)c5O)nc4c3n2)c(O)c(-c2ccc[nH]2)c1.CC(C)(C)c1cc2c3nc(c(-c4ccc(Br)cc4)c4ccc([nH]4)c4cc(C(C)(C)C)cc(c4O)c4ccc5ccc6ccc(nc6c5n4)c(c1)c2O)C=C3.CCC(=O)O.O=Cc1ccc(Br)cc1. The van der Waals surface area contributed by atoms with Gasteiger partial charge in [-0.1, -0.05) is 195 Å². The summed E-state index contributed by atoms with van der Waals surface area (Å²) < 4.78 is 1.97. The maximum atomic E-state index is 12.2. The first-order chi connectivity index (χ1) is 54.2. The van der Waals surface area contributed by atoms with E-state index < -0.39 is 5.97 Å². The number of aromatic nitrogens is 8. The van der Waals surface area contributed by atoms with E-state index in [-0.39, 0.29) is 51.1 Å². The van der Waals surface area contributed by atoms with Gasteiger partial charge in [-0.3, -0.25) is 9.59 Å². The Morgan fingerprint density at radius 3 is 1.19 bits per heavy atom. The largest absolute Gasteiger partial charge is 0.507 e. The van der Waals surface area contributed by atoms with Gasteiger partial charge >= 0.3 is 5.97 Å². The number of rotatable bonds is 7. The summed E-state index contributed by atoms with van der Waals surface area (Å²) in [4.78, 5) is 55.6. The van der Waals surface area contributed by atoms with Gasteiger partial charge in [-0.2, -0.15) is 0 Å². The van der Waals surface area contributed by atoms with Gasteiger partial charge in [-0.25, -0.2) is 24.9 Å². The molecule has 0 fully saturated rings. The van der Waals surface area contributed by atoms with Crippen molar-refractivity contribution in [3.05, 3.63) is 267 Å². The molecule has 15 nitrogen and oxygen atoms in total. The lowest BCUT2D eigenvalue weighted by atomic mass is 9.83. The maximum absolute atomic E-state index is 12.2. The number of hydrogen-bond donors (Lipinski definition) is 8. The van der Waals surface area contributed by atoms with E-state index in [1.54, 1.807) is 19.1 Å². The molecule has 114 heavy (non-hydrogen) atoms. The lowest BCUT2D eigenvalue weighted by molar-refractivity contribution is -0.136. The first kappa shape index (κ1) is 78.4. The van der Waals surface area contributed by atoms with Crippen LogP contribution in [0.1, 0.15) is 140 Å². The number of H-pyrrole nitrogens is 3. The fourth-order valence-electron chi connectivity index (χ4n) is 13.9. The van der Waals surface area contributed by atoms with Crippen LogP contribution in [0.3, 0.4) is 0 Å². The number of fused-ring (bicyclic) bond motifs is 17. The number of aldehydes is 1. The molecule has 1 aliphatic heterocycles. The molecule has 9 heterocycles. The van der Waals surface area contributed by atoms with E-state index in [2.05, 4.69) is 178 Å². The molecule has 0 unspecified atom stereocenters. The van der Waals surface area contributed by atoms with Gasteiger partial charge in [0.05, 0.1) is 55.9 Å².